The average Bonchev–Trinajstić information content (AvgIpc) is 2.64. The molecule has 0 radical (unpaired) electrons. The summed E-state index contributed by atoms with van der Waals surface area (Å²) in [6.07, 6.45) is -0.643. The number of halogens is 3. The molecule has 0 saturated carbocycles. The number of nitrogens with zero attached hydrogens (tertiary/aromatic N) is 1. The van der Waals surface area contributed by atoms with Gasteiger partial charge in [0, 0.05) is 18.8 Å². The minimum absolute atomic E-state index is 0.132. The van der Waals surface area contributed by atoms with Crippen molar-refractivity contribution in [3.8, 4) is 0 Å². The maximum atomic E-state index is 12.2. The number of amides is 1. The zero-order valence-electron chi connectivity index (χ0n) is 9.04. The standard InChI is InChI=1S/C10H11F3N2OS/c1-7(16)14-5-3-2-4-9-15-8(6-17-9)10(11,12)13/h2,4,6H,3,5H2,1H3,(H,14,16). The summed E-state index contributed by atoms with van der Waals surface area (Å²) in [7, 11) is 0. The van der Waals surface area contributed by atoms with Gasteiger partial charge in [0.2, 0.25) is 5.91 Å². The Labute approximate surface area is 100 Å². The summed E-state index contributed by atoms with van der Waals surface area (Å²) >= 11 is 0.935. The Morgan fingerprint density at radius 1 is 1.59 bits per heavy atom. The minimum Gasteiger partial charge on any atom is -0.356 e. The normalized spacial score (nSPS) is 12.0. The smallest absolute Gasteiger partial charge is 0.356 e. The Bertz CT molecular complexity index is 412. The van der Waals surface area contributed by atoms with Crippen molar-refractivity contribution in [2.24, 2.45) is 0 Å². The first-order valence-electron chi connectivity index (χ1n) is 4.83. The lowest BCUT2D eigenvalue weighted by molar-refractivity contribution is -0.140. The number of hydrogen-bond acceptors (Lipinski definition) is 3. The van der Waals surface area contributed by atoms with E-state index < -0.39 is 11.9 Å². The second-order valence-electron chi connectivity index (χ2n) is 3.24. The van der Waals surface area contributed by atoms with Gasteiger partial charge in [-0.2, -0.15) is 13.2 Å². The fraction of sp³-hybridized carbons (Fsp3) is 0.400. The fourth-order valence-corrected chi connectivity index (χ4v) is 1.75. The van der Waals surface area contributed by atoms with Crippen molar-refractivity contribution < 1.29 is 18.0 Å². The van der Waals surface area contributed by atoms with Gasteiger partial charge in [-0.15, -0.1) is 11.3 Å². The van der Waals surface area contributed by atoms with Gasteiger partial charge in [-0.05, 0) is 12.5 Å². The van der Waals surface area contributed by atoms with Crippen LogP contribution in [0.25, 0.3) is 6.08 Å². The predicted molar refractivity (Wildman–Crippen MR) is 59.5 cm³/mol. The van der Waals surface area contributed by atoms with Crippen LogP contribution in [-0.2, 0) is 11.0 Å². The van der Waals surface area contributed by atoms with Gasteiger partial charge < -0.3 is 5.32 Å². The van der Waals surface area contributed by atoms with Crippen molar-refractivity contribution >= 4 is 23.3 Å². The summed E-state index contributed by atoms with van der Waals surface area (Å²) in [4.78, 5) is 14.0. The van der Waals surface area contributed by atoms with Crippen molar-refractivity contribution in [2.45, 2.75) is 19.5 Å². The molecule has 7 heteroatoms. The number of alkyl halides is 3. The molecule has 0 unspecified atom stereocenters. The van der Waals surface area contributed by atoms with Crippen LogP contribution in [0.4, 0.5) is 13.2 Å². The van der Waals surface area contributed by atoms with E-state index >= 15 is 0 Å². The minimum atomic E-state index is -4.39. The lowest BCUT2D eigenvalue weighted by Crippen LogP contribution is -2.20. The summed E-state index contributed by atoms with van der Waals surface area (Å²) < 4.78 is 36.6. The van der Waals surface area contributed by atoms with Crippen LogP contribution in [0.5, 0.6) is 0 Å². The highest BCUT2D eigenvalue weighted by Gasteiger charge is 2.33. The summed E-state index contributed by atoms with van der Waals surface area (Å²) in [5.41, 5.74) is -0.871. The Hall–Kier alpha value is -1.37. The van der Waals surface area contributed by atoms with Crippen molar-refractivity contribution in [3.63, 3.8) is 0 Å². The SMILES string of the molecule is CC(=O)NCCC=Cc1nc(C(F)(F)F)cs1. The number of nitrogens with one attached hydrogen (secondary N) is 1. The van der Waals surface area contributed by atoms with Gasteiger partial charge in [0.05, 0.1) is 0 Å². The summed E-state index contributed by atoms with van der Waals surface area (Å²) in [6, 6.07) is 0. The largest absolute Gasteiger partial charge is 0.434 e. The first-order chi connectivity index (χ1) is 7.89. The quantitative estimate of drug-likeness (QED) is 0.849. The van der Waals surface area contributed by atoms with Crippen LogP contribution >= 0.6 is 11.3 Å². The molecule has 0 aromatic carbocycles. The molecule has 1 heterocycles. The first-order valence-corrected chi connectivity index (χ1v) is 5.71. The predicted octanol–water partition coefficient (Wildman–Crippen LogP) is 2.70. The summed E-state index contributed by atoms with van der Waals surface area (Å²) in [6.45, 7) is 1.86. The van der Waals surface area contributed by atoms with Crippen molar-refractivity contribution in [1.29, 1.82) is 0 Å². The molecule has 3 nitrogen and oxygen atoms in total. The Morgan fingerprint density at radius 2 is 2.29 bits per heavy atom. The molecule has 94 valence electrons. The number of thiazole rings is 1. The lowest BCUT2D eigenvalue weighted by atomic mass is 10.3. The molecule has 0 fully saturated rings. The molecule has 0 saturated heterocycles. The number of rotatable bonds is 4. The van der Waals surface area contributed by atoms with E-state index in [1.54, 1.807) is 6.08 Å². The second-order valence-corrected chi connectivity index (χ2v) is 4.13. The third kappa shape index (κ3) is 4.99. The third-order valence-electron chi connectivity index (χ3n) is 1.76. The topological polar surface area (TPSA) is 42.0 Å². The van der Waals surface area contributed by atoms with Crippen LogP contribution in [0.2, 0.25) is 0 Å². The molecule has 0 aliphatic carbocycles. The van der Waals surface area contributed by atoms with Crippen molar-refractivity contribution in [2.75, 3.05) is 6.54 Å². The van der Waals surface area contributed by atoms with Gasteiger partial charge in [0.15, 0.2) is 5.69 Å². The van der Waals surface area contributed by atoms with E-state index in [1.807, 2.05) is 0 Å². The van der Waals surface area contributed by atoms with E-state index in [4.69, 9.17) is 0 Å². The van der Waals surface area contributed by atoms with Gasteiger partial charge in [-0.3, -0.25) is 4.79 Å². The molecule has 0 aliphatic heterocycles. The van der Waals surface area contributed by atoms with E-state index in [-0.39, 0.29) is 5.91 Å². The number of carbonyl (C=O) groups excluding carboxylic acids is 1. The average molecular weight is 264 g/mol. The fourth-order valence-electron chi connectivity index (χ4n) is 1.01. The molecule has 0 bridgehead atoms. The maximum absolute atomic E-state index is 12.2. The van der Waals surface area contributed by atoms with Crippen LogP contribution < -0.4 is 5.32 Å². The van der Waals surface area contributed by atoms with Crippen LogP contribution in [0.15, 0.2) is 11.5 Å². The third-order valence-corrected chi connectivity index (χ3v) is 2.57. The molecule has 1 rings (SSSR count). The van der Waals surface area contributed by atoms with Gasteiger partial charge >= 0.3 is 6.18 Å². The molecular formula is C10H11F3N2OS. The molecule has 0 aliphatic rings. The first kappa shape index (κ1) is 13.7. The van der Waals surface area contributed by atoms with E-state index in [9.17, 15) is 18.0 Å². The number of carbonyl (C=O) groups is 1. The molecule has 1 N–H and O–H groups in total. The van der Waals surface area contributed by atoms with E-state index in [1.165, 1.54) is 13.0 Å². The van der Waals surface area contributed by atoms with Gasteiger partial charge in [0.25, 0.3) is 0 Å². The Balaban J connectivity index is 2.44. The van der Waals surface area contributed by atoms with E-state index in [0.29, 0.717) is 18.0 Å². The monoisotopic (exact) mass is 264 g/mol. The van der Waals surface area contributed by atoms with E-state index in [0.717, 1.165) is 16.7 Å². The van der Waals surface area contributed by atoms with Crippen LogP contribution in [0.1, 0.15) is 24.0 Å². The van der Waals surface area contributed by atoms with E-state index in [2.05, 4.69) is 10.3 Å². The molecule has 1 aromatic heterocycles. The lowest BCUT2D eigenvalue weighted by Gasteiger charge is -1.99. The highest BCUT2D eigenvalue weighted by atomic mass is 32.1. The van der Waals surface area contributed by atoms with Crippen LogP contribution in [0, 0.1) is 0 Å². The summed E-state index contributed by atoms with van der Waals surface area (Å²) in [5.74, 6) is -0.132. The number of hydrogen-bond donors (Lipinski definition) is 1. The van der Waals surface area contributed by atoms with Crippen LogP contribution in [-0.4, -0.2) is 17.4 Å². The van der Waals surface area contributed by atoms with Gasteiger partial charge in [-0.25, -0.2) is 4.98 Å². The highest BCUT2D eigenvalue weighted by molar-refractivity contribution is 7.10. The van der Waals surface area contributed by atoms with Gasteiger partial charge in [-0.1, -0.05) is 6.08 Å². The van der Waals surface area contributed by atoms with Gasteiger partial charge in [0.1, 0.15) is 5.01 Å². The molecule has 0 atom stereocenters. The maximum Gasteiger partial charge on any atom is 0.434 e. The molecule has 1 amide bonds. The highest BCUT2D eigenvalue weighted by Crippen LogP contribution is 2.30. The Kier molecular flexibility index (Phi) is 4.68. The van der Waals surface area contributed by atoms with Crippen LogP contribution in [0.3, 0.4) is 0 Å². The molecular weight excluding hydrogens is 253 g/mol. The number of aromatic nitrogens is 1. The molecule has 0 spiro atoms. The molecule has 17 heavy (non-hydrogen) atoms. The van der Waals surface area contributed by atoms with Crippen molar-refractivity contribution in [1.82, 2.24) is 10.3 Å². The zero-order chi connectivity index (χ0) is 12.9. The van der Waals surface area contributed by atoms with Crippen molar-refractivity contribution in [3.05, 3.63) is 22.2 Å². The molecule has 1 aromatic rings. The summed E-state index contributed by atoms with van der Waals surface area (Å²) in [5, 5.41) is 3.86. The Morgan fingerprint density at radius 3 is 2.82 bits per heavy atom. The second kappa shape index (κ2) is 5.81. The zero-order valence-corrected chi connectivity index (χ0v) is 9.86.